The van der Waals surface area contributed by atoms with Crippen molar-refractivity contribution in [3.8, 4) is 0 Å². The van der Waals surface area contributed by atoms with Gasteiger partial charge in [0.15, 0.2) is 0 Å². The SMILES string of the molecule is N/N=C(\N)c1cc(C(F)(F)F)cc(C(F)(F)F)c1. The molecule has 3 nitrogen and oxygen atoms in total. The molecule has 0 fully saturated rings. The second-order valence-electron chi connectivity index (χ2n) is 3.31. The van der Waals surface area contributed by atoms with Gasteiger partial charge < -0.3 is 11.6 Å². The molecule has 0 unspecified atom stereocenters. The Bertz CT molecular complexity index is 442. The second-order valence-corrected chi connectivity index (χ2v) is 3.31. The van der Waals surface area contributed by atoms with Crippen molar-refractivity contribution in [3.05, 3.63) is 34.9 Å². The molecular formula is C9H7F6N3. The summed E-state index contributed by atoms with van der Waals surface area (Å²) >= 11 is 0. The van der Waals surface area contributed by atoms with Gasteiger partial charge in [0.25, 0.3) is 0 Å². The molecule has 0 amide bonds. The number of nitrogens with zero attached hydrogens (tertiary/aromatic N) is 1. The van der Waals surface area contributed by atoms with Crippen LogP contribution in [-0.2, 0) is 12.4 Å². The Hall–Kier alpha value is -1.93. The predicted molar refractivity (Wildman–Crippen MR) is 51.4 cm³/mol. The van der Waals surface area contributed by atoms with Gasteiger partial charge in [0.2, 0.25) is 0 Å². The van der Waals surface area contributed by atoms with Gasteiger partial charge in [-0.05, 0) is 18.2 Å². The molecule has 0 atom stereocenters. The van der Waals surface area contributed by atoms with Crippen molar-refractivity contribution in [2.24, 2.45) is 16.7 Å². The smallest absolute Gasteiger partial charge is 0.382 e. The zero-order valence-electron chi connectivity index (χ0n) is 8.60. The predicted octanol–water partition coefficient (Wildman–Crippen LogP) is 2.30. The topological polar surface area (TPSA) is 64.4 Å². The molecule has 1 aromatic rings. The lowest BCUT2D eigenvalue weighted by atomic mass is 10.0. The number of benzene rings is 1. The van der Waals surface area contributed by atoms with Crippen molar-refractivity contribution in [1.82, 2.24) is 0 Å². The number of amidine groups is 1. The lowest BCUT2D eigenvalue weighted by Crippen LogP contribution is -2.19. The van der Waals surface area contributed by atoms with Crippen LogP contribution in [0.2, 0.25) is 0 Å². The van der Waals surface area contributed by atoms with Crippen molar-refractivity contribution >= 4 is 5.84 Å². The first-order chi connectivity index (χ1) is 8.05. The molecule has 0 saturated heterocycles. The third kappa shape index (κ3) is 3.05. The Morgan fingerprint density at radius 1 is 0.889 bits per heavy atom. The average Bonchev–Trinajstić information content (AvgIpc) is 2.25. The van der Waals surface area contributed by atoms with Crippen LogP contribution in [0.1, 0.15) is 16.7 Å². The van der Waals surface area contributed by atoms with Crippen LogP contribution in [0.4, 0.5) is 26.3 Å². The van der Waals surface area contributed by atoms with Crippen LogP contribution in [-0.4, -0.2) is 5.84 Å². The third-order valence-electron chi connectivity index (χ3n) is 2.02. The van der Waals surface area contributed by atoms with Gasteiger partial charge in [-0.1, -0.05) is 0 Å². The summed E-state index contributed by atoms with van der Waals surface area (Å²) < 4.78 is 74.5. The normalized spacial score (nSPS) is 13.8. The first-order valence-electron chi connectivity index (χ1n) is 4.39. The summed E-state index contributed by atoms with van der Waals surface area (Å²) in [5.41, 5.74) is 1.62. The van der Waals surface area contributed by atoms with Crippen molar-refractivity contribution in [1.29, 1.82) is 0 Å². The summed E-state index contributed by atoms with van der Waals surface area (Å²) in [5.74, 6) is 4.10. The van der Waals surface area contributed by atoms with Gasteiger partial charge >= 0.3 is 12.4 Å². The highest BCUT2D eigenvalue weighted by atomic mass is 19.4. The molecule has 4 N–H and O–H groups in total. The van der Waals surface area contributed by atoms with Gasteiger partial charge in [-0.2, -0.15) is 31.4 Å². The molecule has 0 saturated carbocycles. The minimum Gasteiger partial charge on any atom is -0.382 e. The van der Waals surface area contributed by atoms with Crippen LogP contribution in [0, 0.1) is 0 Å². The number of alkyl halides is 6. The first kappa shape index (κ1) is 14.1. The maximum atomic E-state index is 12.4. The van der Waals surface area contributed by atoms with Gasteiger partial charge in [0, 0.05) is 5.56 Å². The maximum Gasteiger partial charge on any atom is 0.416 e. The van der Waals surface area contributed by atoms with E-state index in [0.717, 1.165) is 0 Å². The van der Waals surface area contributed by atoms with Gasteiger partial charge in [0.1, 0.15) is 5.84 Å². The first-order valence-corrected chi connectivity index (χ1v) is 4.39. The van der Waals surface area contributed by atoms with E-state index in [1.165, 1.54) is 0 Å². The molecule has 18 heavy (non-hydrogen) atoms. The van der Waals surface area contributed by atoms with Crippen molar-refractivity contribution < 1.29 is 26.3 Å². The van der Waals surface area contributed by atoms with E-state index in [0.29, 0.717) is 12.1 Å². The van der Waals surface area contributed by atoms with Crippen molar-refractivity contribution in [3.63, 3.8) is 0 Å². The van der Waals surface area contributed by atoms with Crippen LogP contribution in [0.25, 0.3) is 0 Å². The van der Waals surface area contributed by atoms with E-state index < -0.39 is 34.9 Å². The quantitative estimate of drug-likeness (QED) is 0.270. The summed E-state index contributed by atoms with van der Waals surface area (Å²) in [6.07, 6.45) is -9.85. The summed E-state index contributed by atoms with van der Waals surface area (Å²) in [5, 5.41) is 2.86. The summed E-state index contributed by atoms with van der Waals surface area (Å²) in [4.78, 5) is 0. The molecule has 0 aliphatic carbocycles. The van der Waals surface area contributed by atoms with E-state index in [-0.39, 0.29) is 6.07 Å². The molecule has 0 aliphatic heterocycles. The Morgan fingerprint density at radius 3 is 1.56 bits per heavy atom. The molecule has 0 aromatic heterocycles. The number of hydrazone groups is 1. The average molecular weight is 271 g/mol. The summed E-state index contributed by atoms with van der Waals surface area (Å²) in [6.45, 7) is 0. The molecule has 0 bridgehead atoms. The minimum atomic E-state index is -4.93. The largest absolute Gasteiger partial charge is 0.416 e. The minimum absolute atomic E-state index is 0.00665. The Morgan fingerprint density at radius 2 is 1.28 bits per heavy atom. The van der Waals surface area contributed by atoms with Gasteiger partial charge in [-0.25, -0.2) is 0 Å². The number of halogens is 6. The molecule has 1 aromatic carbocycles. The van der Waals surface area contributed by atoms with Crippen LogP contribution in [0.5, 0.6) is 0 Å². The number of nitrogens with two attached hydrogens (primary N) is 2. The molecule has 0 aliphatic rings. The second kappa shape index (κ2) is 4.39. The molecule has 1 rings (SSSR count). The molecule has 9 heteroatoms. The fourth-order valence-electron chi connectivity index (χ4n) is 1.18. The van der Waals surface area contributed by atoms with Crippen molar-refractivity contribution in [2.75, 3.05) is 0 Å². The van der Waals surface area contributed by atoms with E-state index in [1.54, 1.807) is 0 Å². The molecular weight excluding hydrogens is 264 g/mol. The standard InChI is InChI=1S/C9H7F6N3/c10-8(11,12)5-1-4(7(16)18-17)2-6(3-5)9(13,14)15/h1-3H,17H2,(H2,16,18). The molecule has 0 radical (unpaired) electrons. The van der Waals surface area contributed by atoms with Crippen LogP contribution < -0.4 is 11.6 Å². The Kier molecular flexibility index (Phi) is 3.45. The highest BCUT2D eigenvalue weighted by molar-refractivity contribution is 5.97. The van der Waals surface area contributed by atoms with Crippen molar-refractivity contribution in [2.45, 2.75) is 12.4 Å². The number of hydrogen-bond donors (Lipinski definition) is 2. The number of hydrogen-bond acceptors (Lipinski definition) is 2. The summed E-state index contributed by atoms with van der Waals surface area (Å²) in [7, 11) is 0. The van der Waals surface area contributed by atoms with Crippen LogP contribution >= 0.6 is 0 Å². The van der Waals surface area contributed by atoms with Gasteiger partial charge in [-0.3, -0.25) is 0 Å². The van der Waals surface area contributed by atoms with Gasteiger partial charge in [0.05, 0.1) is 11.1 Å². The van der Waals surface area contributed by atoms with E-state index in [9.17, 15) is 26.3 Å². The lowest BCUT2D eigenvalue weighted by Gasteiger charge is -2.13. The Balaban J connectivity index is 3.49. The van der Waals surface area contributed by atoms with E-state index >= 15 is 0 Å². The zero-order valence-corrected chi connectivity index (χ0v) is 8.60. The Labute approximate surface area is 97.1 Å². The monoisotopic (exact) mass is 271 g/mol. The van der Waals surface area contributed by atoms with E-state index in [2.05, 4.69) is 5.10 Å². The molecule has 0 spiro atoms. The lowest BCUT2D eigenvalue weighted by molar-refractivity contribution is -0.143. The molecule has 0 heterocycles. The maximum absolute atomic E-state index is 12.4. The van der Waals surface area contributed by atoms with E-state index in [1.807, 2.05) is 0 Å². The van der Waals surface area contributed by atoms with Crippen LogP contribution in [0.15, 0.2) is 23.3 Å². The fraction of sp³-hybridized carbons (Fsp3) is 0.222. The third-order valence-corrected chi connectivity index (χ3v) is 2.02. The fourth-order valence-corrected chi connectivity index (χ4v) is 1.18. The van der Waals surface area contributed by atoms with E-state index in [4.69, 9.17) is 11.6 Å². The van der Waals surface area contributed by atoms with Gasteiger partial charge in [-0.15, -0.1) is 0 Å². The van der Waals surface area contributed by atoms with Crippen LogP contribution in [0.3, 0.4) is 0 Å². The zero-order chi connectivity index (χ0) is 14.1. The molecule has 100 valence electrons. The highest BCUT2D eigenvalue weighted by Gasteiger charge is 2.37. The highest BCUT2D eigenvalue weighted by Crippen LogP contribution is 2.36. The summed E-state index contributed by atoms with van der Waals surface area (Å²) in [6, 6.07) is 0.884. The number of rotatable bonds is 1.